The fourth-order valence-electron chi connectivity index (χ4n) is 2.74. The molecule has 0 unspecified atom stereocenters. The molecule has 0 saturated heterocycles. The van der Waals surface area contributed by atoms with Gasteiger partial charge in [-0.25, -0.2) is 4.79 Å². The number of ketones is 1. The summed E-state index contributed by atoms with van der Waals surface area (Å²) >= 11 is 0. The standard InChI is InChI=1S/C20H17F3N2O3/c1-4-28-19(27)16-11(2)17(25-12(16)3)18(26)14(10-24)8-13-6-5-7-15(9-13)20(21,22)23/h5-9,25H,4H2,1-3H3/b14-8+. The second-order valence-corrected chi connectivity index (χ2v) is 5.97. The van der Waals surface area contributed by atoms with Crippen molar-refractivity contribution < 1.29 is 27.5 Å². The Bertz CT molecular complexity index is 995. The smallest absolute Gasteiger partial charge is 0.416 e. The number of hydrogen-bond donors (Lipinski definition) is 1. The van der Waals surface area contributed by atoms with Crippen LogP contribution in [0.25, 0.3) is 6.08 Å². The molecule has 8 heteroatoms. The molecule has 0 atom stereocenters. The zero-order chi connectivity index (χ0) is 21.1. The highest BCUT2D eigenvalue weighted by atomic mass is 19.4. The van der Waals surface area contributed by atoms with E-state index in [4.69, 9.17) is 4.74 Å². The number of aromatic nitrogens is 1. The van der Waals surface area contributed by atoms with Gasteiger partial charge >= 0.3 is 12.1 Å². The molecule has 1 aromatic carbocycles. The van der Waals surface area contributed by atoms with Crippen molar-refractivity contribution in [3.05, 3.63) is 63.5 Å². The lowest BCUT2D eigenvalue weighted by molar-refractivity contribution is -0.137. The van der Waals surface area contributed by atoms with Crippen molar-refractivity contribution in [1.29, 1.82) is 5.26 Å². The second-order valence-electron chi connectivity index (χ2n) is 5.97. The van der Waals surface area contributed by atoms with Crippen molar-refractivity contribution in [3.8, 4) is 6.07 Å². The predicted molar refractivity (Wildman–Crippen MR) is 95.6 cm³/mol. The van der Waals surface area contributed by atoms with Crippen LogP contribution in [-0.2, 0) is 10.9 Å². The number of halogens is 3. The summed E-state index contributed by atoms with van der Waals surface area (Å²) in [4.78, 5) is 27.5. The quantitative estimate of drug-likeness (QED) is 0.350. The maximum atomic E-state index is 12.8. The van der Waals surface area contributed by atoms with Gasteiger partial charge < -0.3 is 9.72 Å². The third kappa shape index (κ3) is 4.31. The Labute approximate surface area is 159 Å². The third-order valence-corrected chi connectivity index (χ3v) is 4.03. The van der Waals surface area contributed by atoms with Gasteiger partial charge in [-0.15, -0.1) is 0 Å². The number of allylic oxidation sites excluding steroid dienone is 1. The number of alkyl halides is 3. The van der Waals surface area contributed by atoms with Gasteiger partial charge in [0.1, 0.15) is 11.6 Å². The summed E-state index contributed by atoms with van der Waals surface area (Å²) in [6.07, 6.45) is -3.46. The highest BCUT2D eigenvalue weighted by Crippen LogP contribution is 2.30. The topological polar surface area (TPSA) is 83.0 Å². The first-order valence-corrected chi connectivity index (χ1v) is 8.30. The molecule has 0 radical (unpaired) electrons. The summed E-state index contributed by atoms with van der Waals surface area (Å²) in [6, 6.07) is 6.01. The molecule has 0 bridgehead atoms. The normalized spacial score (nSPS) is 11.8. The van der Waals surface area contributed by atoms with E-state index in [2.05, 4.69) is 4.98 Å². The van der Waals surface area contributed by atoms with Crippen molar-refractivity contribution in [3.63, 3.8) is 0 Å². The molecule has 1 N–H and O–H groups in total. The molecule has 0 saturated carbocycles. The third-order valence-electron chi connectivity index (χ3n) is 4.03. The highest BCUT2D eigenvalue weighted by Gasteiger charge is 2.30. The van der Waals surface area contributed by atoms with Gasteiger partial charge in [0, 0.05) is 5.69 Å². The van der Waals surface area contributed by atoms with Gasteiger partial charge in [-0.1, -0.05) is 12.1 Å². The number of Topliss-reactive ketones (excluding diaryl/α,β-unsaturated/α-hetero) is 1. The van der Waals surface area contributed by atoms with Crippen LogP contribution >= 0.6 is 0 Å². The van der Waals surface area contributed by atoms with E-state index in [0.29, 0.717) is 11.3 Å². The van der Waals surface area contributed by atoms with E-state index in [9.17, 15) is 28.0 Å². The Hall–Kier alpha value is -3.34. The molecular weight excluding hydrogens is 373 g/mol. The van der Waals surface area contributed by atoms with E-state index < -0.39 is 23.5 Å². The number of carbonyl (C=O) groups excluding carboxylic acids is 2. The first kappa shape index (κ1) is 21.0. The van der Waals surface area contributed by atoms with Crippen molar-refractivity contribution >= 4 is 17.8 Å². The van der Waals surface area contributed by atoms with E-state index in [-0.39, 0.29) is 29.0 Å². The molecule has 1 heterocycles. The van der Waals surface area contributed by atoms with Crippen molar-refractivity contribution in [2.24, 2.45) is 0 Å². The molecule has 2 aromatic rings. The second kappa shape index (κ2) is 8.13. The first-order chi connectivity index (χ1) is 13.1. The Balaban J connectivity index is 2.45. The van der Waals surface area contributed by atoms with Crippen LogP contribution in [0.4, 0.5) is 13.2 Å². The molecule has 0 aliphatic heterocycles. The van der Waals surface area contributed by atoms with Crippen molar-refractivity contribution in [2.75, 3.05) is 6.61 Å². The maximum absolute atomic E-state index is 12.8. The van der Waals surface area contributed by atoms with Crippen molar-refractivity contribution in [2.45, 2.75) is 26.9 Å². The SMILES string of the molecule is CCOC(=O)c1c(C)[nH]c(C(=O)/C(C#N)=C/c2cccc(C(F)(F)F)c2)c1C. The van der Waals surface area contributed by atoms with E-state index in [1.165, 1.54) is 19.1 Å². The molecule has 1 aromatic heterocycles. The summed E-state index contributed by atoms with van der Waals surface area (Å²) < 4.78 is 43.5. The van der Waals surface area contributed by atoms with Gasteiger partial charge in [0.05, 0.1) is 23.4 Å². The lowest BCUT2D eigenvalue weighted by atomic mass is 10.0. The van der Waals surface area contributed by atoms with Gasteiger partial charge in [-0.3, -0.25) is 4.79 Å². The Kier molecular flexibility index (Phi) is 6.09. The van der Waals surface area contributed by atoms with Gasteiger partial charge in [0.15, 0.2) is 0 Å². The van der Waals surface area contributed by atoms with Gasteiger partial charge in [-0.2, -0.15) is 18.4 Å². The Morgan fingerprint density at radius 2 is 1.96 bits per heavy atom. The first-order valence-electron chi connectivity index (χ1n) is 8.30. The zero-order valence-corrected chi connectivity index (χ0v) is 15.4. The van der Waals surface area contributed by atoms with Crippen LogP contribution < -0.4 is 0 Å². The molecule has 2 rings (SSSR count). The fourth-order valence-corrected chi connectivity index (χ4v) is 2.74. The monoisotopic (exact) mass is 390 g/mol. The van der Waals surface area contributed by atoms with Crippen LogP contribution in [0.15, 0.2) is 29.8 Å². The molecule has 0 amide bonds. The van der Waals surface area contributed by atoms with Gasteiger partial charge in [0.25, 0.3) is 0 Å². The minimum atomic E-state index is -4.54. The maximum Gasteiger partial charge on any atom is 0.416 e. The number of aryl methyl sites for hydroxylation is 1. The predicted octanol–water partition coefficient (Wildman–Crippen LogP) is 4.62. The van der Waals surface area contributed by atoms with E-state index >= 15 is 0 Å². The van der Waals surface area contributed by atoms with Crippen LogP contribution in [0, 0.1) is 25.2 Å². The summed E-state index contributed by atoms with van der Waals surface area (Å²) in [5, 5.41) is 9.34. The fraction of sp³-hybridized carbons (Fsp3) is 0.250. The highest BCUT2D eigenvalue weighted by molar-refractivity contribution is 6.15. The lowest BCUT2D eigenvalue weighted by Gasteiger charge is -2.07. The summed E-state index contributed by atoms with van der Waals surface area (Å²) in [5.74, 6) is -1.33. The number of esters is 1. The van der Waals surface area contributed by atoms with Crippen LogP contribution in [-0.4, -0.2) is 23.3 Å². The summed E-state index contributed by atoms with van der Waals surface area (Å²) in [6.45, 7) is 4.92. The van der Waals surface area contributed by atoms with E-state index in [1.54, 1.807) is 19.9 Å². The molecule has 0 aliphatic carbocycles. The van der Waals surface area contributed by atoms with Gasteiger partial charge in [0.2, 0.25) is 5.78 Å². The van der Waals surface area contributed by atoms with Crippen LogP contribution in [0.1, 0.15) is 50.2 Å². The Morgan fingerprint density at radius 3 is 2.54 bits per heavy atom. The minimum absolute atomic E-state index is 0.0142. The molecule has 5 nitrogen and oxygen atoms in total. The molecule has 28 heavy (non-hydrogen) atoms. The Morgan fingerprint density at radius 1 is 1.29 bits per heavy atom. The molecule has 146 valence electrons. The summed E-state index contributed by atoms with van der Waals surface area (Å²) in [7, 11) is 0. The number of benzene rings is 1. The van der Waals surface area contributed by atoms with E-state index in [1.807, 2.05) is 0 Å². The minimum Gasteiger partial charge on any atom is -0.462 e. The number of nitriles is 1. The number of rotatable bonds is 5. The van der Waals surface area contributed by atoms with Crippen LogP contribution in [0.2, 0.25) is 0 Å². The molecular formula is C20H17F3N2O3. The zero-order valence-electron chi connectivity index (χ0n) is 15.4. The summed E-state index contributed by atoms with van der Waals surface area (Å²) in [5.41, 5.74) is -0.267. The molecule has 0 aliphatic rings. The van der Waals surface area contributed by atoms with Crippen LogP contribution in [0.3, 0.4) is 0 Å². The number of H-pyrrole nitrogens is 1. The average molecular weight is 390 g/mol. The lowest BCUT2D eigenvalue weighted by Crippen LogP contribution is -2.08. The number of aromatic amines is 1. The van der Waals surface area contributed by atoms with Crippen LogP contribution in [0.5, 0.6) is 0 Å². The van der Waals surface area contributed by atoms with Gasteiger partial charge in [-0.05, 0) is 50.1 Å². The van der Waals surface area contributed by atoms with E-state index in [0.717, 1.165) is 18.2 Å². The molecule has 0 spiro atoms. The van der Waals surface area contributed by atoms with Crippen molar-refractivity contribution in [1.82, 2.24) is 4.98 Å². The largest absolute Gasteiger partial charge is 0.462 e. The number of carbonyl (C=O) groups is 2. The molecule has 0 fully saturated rings. The average Bonchev–Trinajstić information content (AvgIpc) is 2.93. The number of nitrogens with zero attached hydrogens (tertiary/aromatic N) is 1. The number of hydrogen-bond acceptors (Lipinski definition) is 4. The number of nitrogens with one attached hydrogen (secondary N) is 1. The number of ether oxygens (including phenoxy) is 1.